The average molecular weight is 230 g/mol. The van der Waals surface area contributed by atoms with Crippen LogP contribution in [0.2, 0.25) is 0 Å². The first kappa shape index (κ1) is 13.9. The maximum atomic E-state index is 9.74. The van der Waals surface area contributed by atoms with E-state index in [9.17, 15) is 10.2 Å². The molecule has 0 aliphatic carbocycles. The number of aliphatic hydroxyl groups is 2. The van der Waals surface area contributed by atoms with Crippen LogP contribution in [0, 0.1) is 0 Å². The van der Waals surface area contributed by atoms with Gasteiger partial charge in [0.15, 0.2) is 0 Å². The van der Waals surface area contributed by atoms with Crippen molar-refractivity contribution < 1.29 is 10.2 Å². The summed E-state index contributed by atoms with van der Waals surface area (Å²) in [5, 5.41) is 19.0. The smallest absolute Gasteiger partial charge is 0.0718 e. The molecule has 2 N–H and O–H groups in total. The minimum Gasteiger partial charge on any atom is -0.395 e. The highest BCUT2D eigenvalue weighted by Crippen LogP contribution is 2.11. The van der Waals surface area contributed by atoms with Crippen LogP contribution in [-0.4, -0.2) is 71.0 Å². The van der Waals surface area contributed by atoms with E-state index in [2.05, 4.69) is 16.7 Å². The first-order valence-corrected chi connectivity index (χ1v) is 6.26. The van der Waals surface area contributed by atoms with Crippen molar-refractivity contribution in [2.75, 3.05) is 39.3 Å². The van der Waals surface area contributed by atoms with Crippen LogP contribution >= 0.6 is 0 Å². The van der Waals surface area contributed by atoms with Crippen molar-refractivity contribution in [1.29, 1.82) is 0 Å². The van der Waals surface area contributed by atoms with Crippen LogP contribution in [-0.2, 0) is 0 Å². The largest absolute Gasteiger partial charge is 0.395 e. The molecule has 96 valence electrons. The lowest BCUT2D eigenvalue weighted by atomic mass is 10.1. The Labute approximate surface area is 98.9 Å². The predicted octanol–water partition coefficient (Wildman–Crippen LogP) is 0.146. The molecule has 4 heteroatoms. The van der Waals surface area contributed by atoms with E-state index in [1.54, 1.807) is 0 Å². The van der Waals surface area contributed by atoms with Crippen LogP contribution in [0.3, 0.4) is 0 Å². The fraction of sp³-hybridized carbons (Fsp3) is 1.00. The number of piperazine rings is 1. The Morgan fingerprint density at radius 2 is 1.75 bits per heavy atom. The number of rotatable bonds is 5. The second kappa shape index (κ2) is 5.96. The molecule has 0 radical (unpaired) electrons. The molecule has 1 rings (SSSR count). The van der Waals surface area contributed by atoms with Crippen LogP contribution in [0.1, 0.15) is 27.2 Å². The summed E-state index contributed by atoms with van der Waals surface area (Å²) in [6.45, 7) is 10.8. The molecular weight excluding hydrogens is 204 g/mol. The molecule has 1 aliphatic heterocycles. The fourth-order valence-electron chi connectivity index (χ4n) is 2.34. The normalized spacial score (nSPS) is 22.3. The highest BCUT2D eigenvalue weighted by atomic mass is 16.3. The topological polar surface area (TPSA) is 46.9 Å². The van der Waals surface area contributed by atoms with E-state index in [-0.39, 0.29) is 6.61 Å². The Morgan fingerprint density at radius 1 is 1.19 bits per heavy atom. The highest BCUT2D eigenvalue weighted by Gasteiger charge is 2.25. The molecule has 0 unspecified atom stereocenters. The molecule has 0 spiro atoms. The Balaban J connectivity index is 2.33. The molecule has 0 aromatic rings. The molecule has 1 heterocycles. The SMILES string of the molecule is CC[C@@H](CO)N1CCN(CC(C)(C)O)CC1. The van der Waals surface area contributed by atoms with Gasteiger partial charge < -0.3 is 10.2 Å². The van der Waals surface area contributed by atoms with E-state index in [4.69, 9.17) is 0 Å². The van der Waals surface area contributed by atoms with Gasteiger partial charge in [0, 0.05) is 38.8 Å². The van der Waals surface area contributed by atoms with Gasteiger partial charge in [-0.3, -0.25) is 9.80 Å². The van der Waals surface area contributed by atoms with Gasteiger partial charge in [-0.1, -0.05) is 6.92 Å². The molecule has 0 saturated carbocycles. The molecule has 0 aromatic carbocycles. The second-order valence-electron chi connectivity index (χ2n) is 5.37. The van der Waals surface area contributed by atoms with Gasteiger partial charge in [-0.25, -0.2) is 0 Å². The van der Waals surface area contributed by atoms with Gasteiger partial charge in [0.25, 0.3) is 0 Å². The summed E-state index contributed by atoms with van der Waals surface area (Å²) in [5.41, 5.74) is -0.608. The van der Waals surface area contributed by atoms with E-state index in [0.717, 1.165) is 39.1 Å². The lowest BCUT2D eigenvalue weighted by molar-refractivity contribution is 0.00465. The molecule has 1 aliphatic rings. The predicted molar refractivity (Wildman–Crippen MR) is 65.5 cm³/mol. The number of β-amino-alcohol motifs (C(OH)–C–C–N with tert-alkyl or cyclic N) is 1. The van der Waals surface area contributed by atoms with E-state index in [0.29, 0.717) is 6.04 Å². The zero-order valence-corrected chi connectivity index (χ0v) is 10.8. The average Bonchev–Trinajstić information content (AvgIpc) is 2.20. The van der Waals surface area contributed by atoms with Gasteiger partial charge in [0.05, 0.1) is 12.2 Å². The summed E-state index contributed by atoms with van der Waals surface area (Å²) >= 11 is 0. The quantitative estimate of drug-likeness (QED) is 0.705. The number of aliphatic hydroxyl groups excluding tert-OH is 1. The Hall–Kier alpha value is -0.160. The van der Waals surface area contributed by atoms with Gasteiger partial charge in [0.1, 0.15) is 0 Å². The van der Waals surface area contributed by atoms with Crippen LogP contribution in [0.5, 0.6) is 0 Å². The van der Waals surface area contributed by atoms with Crippen molar-refractivity contribution in [1.82, 2.24) is 9.80 Å². The summed E-state index contributed by atoms with van der Waals surface area (Å²) in [7, 11) is 0. The molecule has 1 saturated heterocycles. The van der Waals surface area contributed by atoms with Crippen molar-refractivity contribution in [3.8, 4) is 0 Å². The van der Waals surface area contributed by atoms with Crippen molar-refractivity contribution in [2.24, 2.45) is 0 Å². The van der Waals surface area contributed by atoms with E-state index in [1.807, 2.05) is 13.8 Å². The Bertz CT molecular complexity index is 192. The molecule has 0 amide bonds. The van der Waals surface area contributed by atoms with E-state index in [1.165, 1.54) is 0 Å². The van der Waals surface area contributed by atoms with Crippen LogP contribution in [0.25, 0.3) is 0 Å². The summed E-state index contributed by atoms with van der Waals surface area (Å²) in [6, 6.07) is 0.310. The van der Waals surface area contributed by atoms with Crippen molar-refractivity contribution >= 4 is 0 Å². The van der Waals surface area contributed by atoms with Gasteiger partial charge in [-0.15, -0.1) is 0 Å². The molecule has 4 nitrogen and oxygen atoms in total. The Morgan fingerprint density at radius 3 is 2.12 bits per heavy atom. The van der Waals surface area contributed by atoms with Gasteiger partial charge in [-0.2, -0.15) is 0 Å². The zero-order valence-electron chi connectivity index (χ0n) is 10.8. The third kappa shape index (κ3) is 4.37. The molecule has 16 heavy (non-hydrogen) atoms. The third-order valence-corrected chi connectivity index (χ3v) is 3.22. The van der Waals surface area contributed by atoms with E-state index >= 15 is 0 Å². The first-order chi connectivity index (χ1) is 7.46. The van der Waals surface area contributed by atoms with Crippen molar-refractivity contribution in [3.63, 3.8) is 0 Å². The Kier molecular flexibility index (Phi) is 5.18. The maximum Gasteiger partial charge on any atom is 0.0718 e. The minimum absolute atomic E-state index is 0.252. The second-order valence-corrected chi connectivity index (χ2v) is 5.37. The molecular formula is C12H26N2O2. The van der Waals surface area contributed by atoms with Crippen LogP contribution in [0.15, 0.2) is 0 Å². The fourth-order valence-corrected chi connectivity index (χ4v) is 2.34. The monoisotopic (exact) mass is 230 g/mol. The number of hydrogen-bond acceptors (Lipinski definition) is 4. The first-order valence-electron chi connectivity index (χ1n) is 6.26. The van der Waals surface area contributed by atoms with Crippen LogP contribution in [0.4, 0.5) is 0 Å². The van der Waals surface area contributed by atoms with Gasteiger partial charge >= 0.3 is 0 Å². The lowest BCUT2D eigenvalue weighted by Crippen LogP contribution is -2.53. The van der Waals surface area contributed by atoms with E-state index < -0.39 is 5.60 Å². The van der Waals surface area contributed by atoms with Crippen LogP contribution < -0.4 is 0 Å². The number of nitrogens with zero attached hydrogens (tertiary/aromatic N) is 2. The zero-order chi connectivity index (χ0) is 12.2. The van der Waals surface area contributed by atoms with Gasteiger partial charge in [-0.05, 0) is 20.3 Å². The molecule has 0 bridgehead atoms. The molecule has 1 fully saturated rings. The minimum atomic E-state index is -0.608. The molecule has 1 atom stereocenters. The van der Waals surface area contributed by atoms with Crippen molar-refractivity contribution in [3.05, 3.63) is 0 Å². The van der Waals surface area contributed by atoms with Crippen molar-refractivity contribution in [2.45, 2.75) is 38.8 Å². The van der Waals surface area contributed by atoms with Gasteiger partial charge in [0.2, 0.25) is 0 Å². The summed E-state index contributed by atoms with van der Waals surface area (Å²) in [5.74, 6) is 0. The molecule has 0 aromatic heterocycles. The lowest BCUT2D eigenvalue weighted by Gasteiger charge is -2.40. The summed E-state index contributed by atoms with van der Waals surface area (Å²) < 4.78 is 0. The third-order valence-electron chi connectivity index (χ3n) is 3.22. The maximum absolute atomic E-state index is 9.74. The summed E-state index contributed by atoms with van der Waals surface area (Å²) in [4.78, 5) is 4.64. The summed E-state index contributed by atoms with van der Waals surface area (Å²) in [6.07, 6.45) is 1.00. The number of hydrogen-bond donors (Lipinski definition) is 2. The highest BCUT2D eigenvalue weighted by molar-refractivity contribution is 4.80. The standard InChI is InChI=1S/C12H26N2O2/c1-4-11(9-15)14-7-5-13(6-8-14)10-12(2,3)16/h11,15-16H,4-10H2,1-3H3/t11-/m0/s1.